The molecule has 8 nitrogen and oxygen atoms in total. The number of carbonyl (C=O) groups is 1. The molecule has 0 fully saturated rings. The minimum atomic E-state index is -4.22. The third-order valence-corrected chi connectivity index (χ3v) is 6.80. The Kier molecular flexibility index (Phi) is 9.30. The van der Waals surface area contributed by atoms with Crippen LogP contribution in [0.1, 0.15) is 42.8 Å². The largest absolute Gasteiger partial charge is 0.493 e. The first-order valence-corrected chi connectivity index (χ1v) is 12.3. The molecule has 0 spiro atoms. The van der Waals surface area contributed by atoms with Gasteiger partial charge >= 0.3 is 10.2 Å². The normalized spacial score (nSPS) is 12.4. The van der Waals surface area contributed by atoms with Gasteiger partial charge in [0.05, 0.1) is 29.2 Å². The van der Waals surface area contributed by atoms with Crippen LogP contribution in [0.4, 0.5) is 0 Å². The number of hydrogen-bond acceptors (Lipinski definition) is 5. The van der Waals surface area contributed by atoms with E-state index in [9.17, 15) is 18.3 Å². The average molecular weight is 497 g/mol. The fourth-order valence-corrected chi connectivity index (χ4v) is 5.00. The molecule has 0 aliphatic carbocycles. The van der Waals surface area contributed by atoms with E-state index in [2.05, 4.69) is 22.9 Å². The Labute approximate surface area is 207 Å². The Bertz CT molecular complexity index is 1300. The highest BCUT2D eigenvalue weighted by Gasteiger charge is 2.39. The molecular formula is C26H32N4O4S. The number of carbonyl (C=O) groups excluding carboxylic acids is 1. The molecule has 0 atom stereocenters. The first kappa shape index (κ1) is 27.7. The van der Waals surface area contributed by atoms with Crippen molar-refractivity contribution in [2.75, 3.05) is 19.8 Å². The molecule has 0 saturated heterocycles. The summed E-state index contributed by atoms with van der Waals surface area (Å²) < 4.78 is 30.1. The van der Waals surface area contributed by atoms with Gasteiger partial charge in [-0.1, -0.05) is 81.9 Å². The maximum atomic E-state index is 13.4. The number of aromatic nitrogens is 1. The van der Waals surface area contributed by atoms with Crippen LogP contribution in [0.5, 0.6) is 5.88 Å². The molecule has 0 saturated carbocycles. The van der Waals surface area contributed by atoms with Gasteiger partial charge in [0.15, 0.2) is 0 Å². The highest BCUT2D eigenvalue weighted by atomic mass is 32.2. The number of aliphatic imine (C=N–C) groups is 1. The topological polar surface area (TPSA) is 104 Å². The van der Waals surface area contributed by atoms with Gasteiger partial charge in [-0.05, 0) is 13.1 Å². The van der Waals surface area contributed by atoms with E-state index < -0.39 is 22.0 Å². The summed E-state index contributed by atoms with van der Waals surface area (Å²) >= 11 is 0. The summed E-state index contributed by atoms with van der Waals surface area (Å²) in [4.78, 5) is 19.0. The zero-order valence-electron chi connectivity index (χ0n) is 19.2. The van der Waals surface area contributed by atoms with E-state index in [1.807, 2.05) is 24.8 Å². The van der Waals surface area contributed by atoms with Crippen molar-refractivity contribution < 1.29 is 18.3 Å². The minimum absolute atomic E-state index is 0. The van der Waals surface area contributed by atoms with Crippen LogP contribution in [-0.4, -0.2) is 53.8 Å². The number of benzene rings is 2. The zero-order chi connectivity index (χ0) is 24.9. The van der Waals surface area contributed by atoms with Crippen LogP contribution in [0.15, 0.2) is 78.8 Å². The number of amides is 1. The summed E-state index contributed by atoms with van der Waals surface area (Å²) in [5.74, 6) is -1.13. The molecule has 4 rings (SSSR count). The van der Waals surface area contributed by atoms with Gasteiger partial charge in [-0.25, -0.2) is 4.99 Å². The number of rotatable bonds is 8. The van der Waals surface area contributed by atoms with Crippen LogP contribution in [0.25, 0.3) is 11.3 Å². The predicted octanol–water partition coefficient (Wildman–Crippen LogP) is 4.27. The first-order chi connectivity index (χ1) is 16.4. The molecule has 0 unspecified atom stereocenters. The molecule has 3 aromatic rings. The molecule has 0 bridgehead atoms. The number of nitrogens with zero attached hydrogens (tertiary/aromatic N) is 3. The van der Waals surface area contributed by atoms with Gasteiger partial charge in [0, 0.05) is 11.1 Å². The van der Waals surface area contributed by atoms with E-state index in [4.69, 9.17) is 0 Å². The Morgan fingerprint density at radius 3 is 1.97 bits per heavy atom. The van der Waals surface area contributed by atoms with E-state index in [1.54, 1.807) is 54.6 Å². The first-order valence-electron chi connectivity index (χ1n) is 10.8. The van der Waals surface area contributed by atoms with Crippen molar-refractivity contribution in [3.05, 3.63) is 90.5 Å². The minimum Gasteiger partial charge on any atom is -0.493 e. The number of aromatic hydroxyl groups is 1. The summed E-state index contributed by atoms with van der Waals surface area (Å²) in [5, 5.41) is 11.2. The molecule has 1 aliphatic rings. The lowest BCUT2D eigenvalue weighted by Gasteiger charge is -2.20. The van der Waals surface area contributed by atoms with E-state index in [0.717, 1.165) is 3.97 Å². The van der Waals surface area contributed by atoms with Crippen molar-refractivity contribution >= 4 is 21.8 Å². The molecule has 0 radical (unpaired) electrons. The summed E-state index contributed by atoms with van der Waals surface area (Å²) in [6.07, 6.45) is 0. The van der Waals surface area contributed by atoms with E-state index in [-0.39, 0.29) is 36.6 Å². The highest BCUT2D eigenvalue weighted by Crippen LogP contribution is 2.41. The number of nitrogens with one attached hydrogen (secondary N) is 1. The van der Waals surface area contributed by atoms with Gasteiger partial charge in [0.2, 0.25) is 5.88 Å². The summed E-state index contributed by atoms with van der Waals surface area (Å²) in [7, 11) is -4.22. The van der Waals surface area contributed by atoms with Crippen LogP contribution in [0, 0.1) is 0 Å². The van der Waals surface area contributed by atoms with Crippen molar-refractivity contribution in [3.63, 3.8) is 0 Å². The molecule has 9 heteroatoms. The van der Waals surface area contributed by atoms with Gasteiger partial charge < -0.3 is 5.11 Å². The number of fused-ring (bicyclic) bond motifs is 1. The lowest BCUT2D eigenvalue weighted by molar-refractivity contribution is 0.101. The van der Waals surface area contributed by atoms with Crippen molar-refractivity contribution in [2.45, 2.75) is 21.3 Å². The standard InChI is InChI=1S/C23H24N4O4S.C2H4.CH4/c1-3-26(4-2)15-24-32(30,31)27-21(17-13-9-6-10-14-17)19-18(23(27)29)20(25-22(19)28)16-11-7-5-8-12-16;1-2;/h5-14,24,29H,3-4,15H2,1-2H3;1-2H2;1H4. The van der Waals surface area contributed by atoms with Gasteiger partial charge in [0.25, 0.3) is 5.91 Å². The summed E-state index contributed by atoms with van der Waals surface area (Å²) in [6, 6.07) is 17.6. The predicted molar refractivity (Wildman–Crippen MR) is 141 cm³/mol. The quantitative estimate of drug-likeness (QED) is 0.358. The molecule has 35 heavy (non-hydrogen) atoms. The number of hydrogen-bond donors (Lipinski definition) is 2. The van der Waals surface area contributed by atoms with Crippen LogP contribution in [0.2, 0.25) is 0 Å². The molecule has 2 heterocycles. The zero-order valence-corrected chi connectivity index (χ0v) is 20.0. The average Bonchev–Trinajstić information content (AvgIpc) is 3.37. The summed E-state index contributed by atoms with van der Waals surface area (Å²) in [6.45, 7) is 11.2. The van der Waals surface area contributed by atoms with Gasteiger partial charge in [-0.2, -0.15) is 17.1 Å². The Hall–Kier alpha value is -3.53. The second-order valence-corrected chi connectivity index (χ2v) is 8.90. The van der Waals surface area contributed by atoms with Gasteiger partial charge in [-0.3, -0.25) is 9.69 Å². The van der Waals surface area contributed by atoms with Crippen molar-refractivity contribution in [1.29, 1.82) is 0 Å². The van der Waals surface area contributed by atoms with Crippen molar-refractivity contribution in [1.82, 2.24) is 13.6 Å². The van der Waals surface area contributed by atoms with Crippen LogP contribution < -0.4 is 4.72 Å². The van der Waals surface area contributed by atoms with Gasteiger partial charge in [0.1, 0.15) is 0 Å². The fraction of sp³-hybridized carbons (Fsp3) is 0.231. The van der Waals surface area contributed by atoms with E-state index >= 15 is 0 Å². The fourth-order valence-electron chi connectivity index (χ4n) is 3.77. The van der Waals surface area contributed by atoms with E-state index in [1.165, 1.54) is 0 Å². The van der Waals surface area contributed by atoms with Crippen LogP contribution in [-0.2, 0) is 10.2 Å². The van der Waals surface area contributed by atoms with Crippen LogP contribution >= 0.6 is 0 Å². The lowest BCUT2D eigenvalue weighted by Crippen LogP contribution is -2.40. The summed E-state index contributed by atoms with van der Waals surface area (Å²) in [5.41, 5.74) is 1.62. The van der Waals surface area contributed by atoms with Crippen LogP contribution in [0.3, 0.4) is 0 Å². The third-order valence-electron chi connectivity index (χ3n) is 5.47. The SMILES string of the molecule is C.C=C.CCN(CC)CNS(=O)(=O)n1c(O)c2c(c1-c1ccccc1)C(=O)N=C2c1ccccc1. The molecule has 1 aromatic heterocycles. The lowest BCUT2D eigenvalue weighted by atomic mass is 10.0. The molecule has 186 valence electrons. The van der Waals surface area contributed by atoms with Crippen molar-refractivity contribution in [3.8, 4) is 17.1 Å². The maximum absolute atomic E-state index is 13.4. The third kappa shape index (κ3) is 5.27. The molecule has 1 amide bonds. The Balaban J connectivity index is 0.00000140. The Morgan fingerprint density at radius 2 is 1.46 bits per heavy atom. The van der Waals surface area contributed by atoms with Crippen molar-refractivity contribution in [2.24, 2.45) is 4.99 Å². The van der Waals surface area contributed by atoms with E-state index in [0.29, 0.717) is 24.2 Å². The highest BCUT2D eigenvalue weighted by molar-refractivity contribution is 7.88. The molecule has 2 N–H and O–H groups in total. The molecule has 2 aromatic carbocycles. The molecule has 1 aliphatic heterocycles. The Morgan fingerprint density at radius 1 is 0.943 bits per heavy atom. The molecular weight excluding hydrogens is 464 g/mol. The maximum Gasteiger partial charge on any atom is 0.309 e. The smallest absolute Gasteiger partial charge is 0.309 e. The monoisotopic (exact) mass is 496 g/mol. The van der Waals surface area contributed by atoms with Gasteiger partial charge in [-0.15, -0.1) is 13.2 Å². The second-order valence-electron chi connectivity index (χ2n) is 7.29. The second kappa shape index (κ2) is 11.7.